The zero-order valence-electron chi connectivity index (χ0n) is 9.03. The van der Waals surface area contributed by atoms with E-state index in [-0.39, 0.29) is 18.6 Å². The number of ketones is 1. The van der Waals surface area contributed by atoms with E-state index in [1.54, 1.807) is 31.2 Å². The number of carbonyl (C=O) groups excluding carboxylic acids is 2. The van der Waals surface area contributed by atoms with Crippen molar-refractivity contribution in [2.75, 3.05) is 6.61 Å². The minimum atomic E-state index is -0.471. The lowest BCUT2D eigenvalue weighted by Gasteiger charge is -2.02. The molecule has 4 heteroatoms. The van der Waals surface area contributed by atoms with Gasteiger partial charge < -0.3 is 4.74 Å². The third-order valence-corrected chi connectivity index (χ3v) is 2.21. The Bertz CT molecular complexity index is 370. The molecule has 0 spiro atoms. The molecule has 0 heterocycles. The highest BCUT2D eigenvalue weighted by atomic mass is 35.5. The van der Waals surface area contributed by atoms with Gasteiger partial charge in [-0.25, -0.2) is 0 Å². The molecule has 0 saturated carbocycles. The summed E-state index contributed by atoms with van der Waals surface area (Å²) in [5.74, 6) is -0.623. The van der Waals surface area contributed by atoms with E-state index in [9.17, 15) is 9.59 Å². The highest BCUT2D eigenvalue weighted by molar-refractivity contribution is 6.30. The average molecular weight is 241 g/mol. The summed E-state index contributed by atoms with van der Waals surface area (Å²) in [6, 6.07) is 6.97. The third-order valence-electron chi connectivity index (χ3n) is 1.96. The first-order valence-electron chi connectivity index (χ1n) is 5.03. The van der Waals surface area contributed by atoms with Crippen LogP contribution in [-0.2, 0) is 20.7 Å². The second-order valence-corrected chi connectivity index (χ2v) is 3.76. The van der Waals surface area contributed by atoms with Crippen molar-refractivity contribution in [3.8, 4) is 0 Å². The van der Waals surface area contributed by atoms with Crippen LogP contribution in [0.5, 0.6) is 0 Å². The van der Waals surface area contributed by atoms with Crippen LogP contribution < -0.4 is 0 Å². The van der Waals surface area contributed by atoms with E-state index < -0.39 is 5.97 Å². The van der Waals surface area contributed by atoms with Gasteiger partial charge >= 0.3 is 5.97 Å². The van der Waals surface area contributed by atoms with E-state index >= 15 is 0 Å². The lowest BCUT2D eigenvalue weighted by Crippen LogP contribution is -2.12. The van der Waals surface area contributed by atoms with Crippen molar-refractivity contribution in [1.82, 2.24) is 0 Å². The van der Waals surface area contributed by atoms with Crippen molar-refractivity contribution in [2.24, 2.45) is 0 Å². The van der Waals surface area contributed by atoms with Crippen molar-refractivity contribution >= 4 is 23.4 Å². The van der Waals surface area contributed by atoms with Crippen molar-refractivity contribution in [2.45, 2.75) is 19.8 Å². The van der Waals surface area contributed by atoms with E-state index in [0.717, 1.165) is 5.56 Å². The Kier molecular flexibility index (Phi) is 4.99. The number of carbonyl (C=O) groups is 2. The average Bonchev–Trinajstić information content (AvgIpc) is 2.21. The van der Waals surface area contributed by atoms with Crippen LogP contribution >= 0.6 is 11.6 Å². The van der Waals surface area contributed by atoms with Gasteiger partial charge in [-0.3, -0.25) is 9.59 Å². The van der Waals surface area contributed by atoms with Gasteiger partial charge in [-0.2, -0.15) is 0 Å². The Morgan fingerprint density at radius 3 is 2.44 bits per heavy atom. The number of Topliss-reactive ketones (excluding diaryl/α,β-unsaturated/α-hetero) is 1. The van der Waals surface area contributed by atoms with Gasteiger partial charge in [-0.05, 0) is 24.6 Å². The zero-order chi connectivity index (χ0) is 12.0. The summed E-state index contributed by atoms with van der Waals surface area (Å²) in [4.78, 5) is 22.5. The van der Waals surface area contributed by atoms with Gasteiger partial charge in [0.25, 0.3) is 0 Å². The molecule has 0 radical (unpaired) electrons. The molecule has 0 saturated heterocycles. The molecule has 0 amide bonds. The van der Waals surface area contributed by atoms with Gasteiger partial charge in [0.05, 0.1) is 6.61 Å². The molecule has 0 aliphatic rings. The Labute approximate surface area is 99.4 Å². The molecule has 86 valence electrons. The molecule has 0 N–H and O–H groups in total. The minimum absolute atomic E-state index is 0.152. The molecule has 16 heavy (non-hydrogen) atoms. The first-order chi connectivity index (χ1) is 7.61. The summed E-state index contributed by atoms with van der Waals surface area (Å²) in [6.07, 6.45) is 0.0620. The number of hydrogen-bond acceptors (Lipinski definition) is 3. The number of halogens is 1. The second kappa shape index (κ2) is 6.28. The number of benzene rings is 1. The molecule has 0 aromatic heterocycles. The summed E-state index contributed by atoms with van der Waals surface area (Å²) in [5, 5.41) is 0.626. The molecule has 0 fully saturated rings. The lowest BCUT2D eigenvalue weighted by atomic mass is 10.1. The van der Waals surface area contributed by atoms with Crippen LogP contribution in [0.2, 0.25) is 5.02 Å². The van der Waals surface area contributed by atoms with Gasteiger partial charge in [-0.1, -0.05) is 23.7 Å². The monoisotopic (exact) mass is 240 g/mol. The van der Waals surface area contributed by atoms with E-state index in [1.807, 2.05) is 0 Å². The van der Waals surface area contributed by atoms with Gasteiger partial charge in [-0.15, -0.1) is 0 Å². The highest BCUT2D eigenvalue weighted by Gasteiger charge is 2.10. The van der Waals surface area contributed by atoms with Crippen LogP contribution in [0.15, 0.2) is 24.3 Å². The number of ether oxygens (including phenoxy) is 1. The third kappa shape index (κ3) is 4.45. The second-order valence-electron chi connectivity index (χ2n) is 3.32. The van der Waals surface area contributed by atoms with E-state index in [1.165, 1.54) is 0 Å². The SMILES string of the molecule is CCOC(=O)CC(=O)Cc1ccc(Cl)cc1. The largest absolute Gasteiger partial charge is 0.466 e. The first-order valence-corrected chi connectivity index (χ1v) is 5.41. The van der Waals surface area contributed by atoms with Gasteiger partial charge in [0, 0.05) is 11.4 Å². The molecule has 1 aromatic carbocycles. The maximum atomic E-state index is 11.4. The van der Waals surface area contributed by atoms with Crippen LogP contribution in [0.25, 0.3) is 0 Å². The Morgan fingerprint density at radius 1 is 1.25 bits per heavy atom. The summed E-state index contributed by atoms with van der Waals surface area (Å²) in [6.45, 7) is 2.01. The zero-order valence-corrected chi connectivity index (χ0v) is 9.79. The van der Waals surface area contributed by atoms with E-state index in [4.69, 9.17) is 11.6 Å². The summed E-state index contributed by atoms with van der Waals surface area (Å²) in [7, 11) is 0. The molecule has 0 unspecified atom stereocenters. The normalized spacial score (nSPS) is 9.88. The standard InChI is InChI=1S/C12H13ClO3/c1-2-16-12(15)8-11(14)7-9-3-5-10(13)6-4-9/h3-6H,2,7-8H2,1H3. The van der Waals surface area contributed by atoms with E-state index in [0.29, 0.717) is 11.6 Å². The fraction of sp³-hybridized carbons (Fsp3) is 0.333. The van der Waals surface area contributed by atoms with Crippen LogP contribution in [0.4, 0.5) is 0 Å². The summed E-state index contributed by atoms with van der Waals surface area (Å²) >= 11 is 5.71. The van der Waals surface area contributed by atoms with Crippen LogP contribution in [0.1, 0.15) is 18.9 Å². The molecule has 0 aliphatic carbocycles. The van der Waals surface area contributed by atoms with Crippen LogP contribution in [0.3, 0.4) is 0 Å². The number of hydrogen-bond donors (Lipinski definition) is 0. The first kappa shape index (κ1) is 12.7. The van der Waals surface area contributed by atoms with Crippen LogP contribution in [-0.4, -0.2) is 18.4 Å². The predicted octanol–water partition coefficient (Wildman–Crippen LogP) is 2.40. The van der Waals surface area contributed by atoms with Crippen molar-refractivity contribution in [3.63, 3.8) is 0 Å². The highest BCUT2D eigenvalue weighted by Crippen LogP contribution is 2.10. The van der Waals surface area contributed by atoms with Gasteiger partial charge in [0.2, 0.25) is 0 Å². The number of rotatable bonds is 5. The van der Waals surface area contributed by atoms with Crippen molar-refractivity contribution < 1.29 is 14.3 Å². The summed E-state index contributed by atoms with van der Waals surface area (Å²) < 4.78 is 4.69. The summed E-state index contributed by atoms with van der Waals surface area (Å²) in [5.41, 5.74) is 0.846. The molecule has 3 nitrogen and oxygen atoms in total. The molecule has 1 aromatic rings. The molecular formula is C12H13ClO3. The van der Waals surface area contributed by atoms with Crippen molar-refractivity contribution in [1.29, 1.82) is 0 Å². The predicted molar refractivity (Wildman–Crippen MR) is 61.4 cm³/mol. The minimum Gasteiger partial charge on any atom is -0.466 e. The lowest BCUT2D eigenvalue weighted by molar-refractivity contribution is -0.145. The molecule has 0 bridgehead atoms. The van der Waals surface area contributed by atoms with Gasteiger partial charge in [0.15, 0.2) is 0 Å². The maximum Gasteiger partial charge on any atom is 0.313 e. The van der Waals surface area contributed by atoms with Crippen LogP contribution in [0, 0.1) is 0 Å². The molecular weight excluding hydrogens is 228 g/mol. The van der Waals surface area contributed by atoms with Gasteiger partial charge in [0.1, 0.15) is 12.2 Å². The molecule has 0 aliphatic heterocycles. The molecule has 1 rings (SSSR count). The maximum absolute atomic E-state index is 11.4. The van der Waals surface area contributed by atoms with Crippen molar-refractivity contribution in [3.05, 3.63) is 34.9 Å². The fourth-order valence-corrected chi connectivity index (χ4v) is 1.39. The van der Waals surface area contributed by atoms with E-state index in [2.05, 4.69) is 4.74 Å². The fourth-order valence-electron chi connectivity index (χ4n) is 1.27. The Morgan fingerprint density at radius 2 is 1.88 bits per heavy atom. The Hall–Kier alpha value is -1.35. The smallest absolute Gasteiger partial charge is 0.313 e. The Balaban J connectivity index is 2.45. The molecule has 0 atom stereocenters. The quantitative estimate of drug-likeness (QED) is 0.586. The topological polar surface area (TPSA) is 43.4 Å². The number of esters is 1.